The highest BCUT2D eigenvalue weighted by Crippen LogP contribution is 2.30. The summed E-state index contributed by atoms with van der Waals surface area (Å²) in [5.41, 5.74) is 11.5. The van der Waals surface area contributed by atoms with Gasteiger partial charge >= 0.3 is 0 Å². The maximum Gasteiger partial charge on any atom is 0.0637 e. The summed E-state index contributed by atoms with van der Waals surface area (Å²) in [5, 5.41) is 0. The zero-order valence-corrected chi connectivity index (χ0v) is 10.8. The number of nitrogens with two attached hydrogens (primary N) is 1. The second kappa shape index (κ2) is 4.25. The van der Waals surface area contributed by atoms with Crippen LogP contribution in [0.15, 0.2) is 48.5 Å². The Morgan fingerprint density at radius 2 is 1.61 bits per heavy atom. The molecule has 1 heteroatoms. The van der Waals surface area contributed by atoms with Gasteiger partial charge in [0.1, 0.15) is 0 Å². The van der Waals surface area contributed by atoms with E-state index in [1.807, 2.05) is 18.2 Å². The number of fused-ring (bicyclic) bond motifs is 1. The monoisotopic (exact) mass is 237 g/mol. The van der Waals surface area contributed by atoms with Crippen molar-refractivity contribution in [3.05, 3.63) is 70.8 Å². The maximum absolute atomic E-state index is 6.55. The Labute approximate surface area is 109 Å². The van der Waals surface area contributed by atoms with Crippen LogP contribution in [-0.4, -0.2) is 0 Å². The first-order valence-corrected chi connectivity index (χ1v) is 6.64. The standard InChI is InChI=1S/C17H19N/c1-17(18,15-8-3-2-4-9-15)16-11-10-13-6-5-7-14(13)12-16/h2-4,8-12H,5-7,18H2,1H3. The van der Waals surface area contributed by atoms with Crippen molar-refractivity contribution in [3.8, 4) is 0 Å². The second-order valence-corrected chi connectivity index (χ2v) is 5.41. The van der Waals surface area contributed by atoms with Crippen LogP contribution in [0, 0.1) is 0 Å². The normalized spacial score (nSPS) is 17.2. The molecule has 0 radical (unpaired) electrons. The molecule has 0 aromatic heterocycles. The first kappa shape index (κ1) is 11.5. The van der Waals surface area contributed by atoms with Crippen molar-refractivity contribution in [3.63, 3.8) is 0 Å². The minimum absolute atomic E-state index is 0.404. The Bertz CT molecular complexity index is 555. The van der Waals surface area contributed by atoms with Gasteiger partial charge in [-0.3, -0.25) is 0 Å². The van der Waals surface area contributed by atoms with Gasteiger partial charge in [-0.25, -0.2) is 0 Å². The quantitative estimate of drug-likeness (QED) is 0.851. The topological polar surface area (TPSA) is 26.0 Å². The summed E-state index contributed by atoms with van der Waals surface area (Å²) >= 11 is 0. The molecule has 92 valence electrons. The Balaban J connectivity index is 2.04. The van der Waals surface area contributed by atoms with Gasteiger partial charge in [0, 0.05) is 0 Å². The van der Waals surface area contributed by atoms with E-state index in [1.165, 1.54) is 41.5 Å². The lowest BCUT2D eigenvalue weighted by Gasteiger charge is -2.26. The second-order valence-electron chi connectivity index (χ2n) is 5.41. The summed E-state index contributed by atoms with van der Waals surface area (Å²) in [5.74, 6) is 0. The van der Waals surface area contributed by atoms with Gasteiger partial charge in [0.2, 0.25) is 0 Å². The molecule has 0 saturated heterocycles. The van der Waals surface area contributed by atoms with Crippen molar-refractivity contribution in [2.75, 3.05) is 0 Å². The van der Waals surface area contributed by atoms with E-state index in [2.05, 4.69) is 37.3 Å². The molecule has 0 saturated carbocycles. The van der Waals surface area contributed by atoms with Crippen LogP contribution in [-0.2, 0) is 18.4 Å². The largest absolute Gasteiger partial charge is 0.318 e. The smallest absolute Gasteiger partial charge is 0.0637 e. The predicted octanol–water partition coefficient (Wildman–Crippen LogP) is 3.40. The maximum atomic E-state index is 6.55. The molecule has 0 aliphatic heterocycles. The van der Waals surface area contributed by atoms with Gasteiger partial charge in [0.05, 0.1) is 5.54 Å². The van der Waals surface area contributed by atoms with Crippen LogP contribution in [0.3, 0.4) is 0 Å². The van der Waals surface area contributed by atoms with Gasteiger partial charge in [-0.1, -0.05) is 48.5 Å². The van der Waals surface area contributed by atoms with E-state index >= 15 is 0 Å². The minimum atomic E-state index is -0.404. The van der Waals surface area contributed by atoms with Crippen LogP contribution >= 0.6 is 0 Å². The van der Waals surface area contributed by atoms with E-state index < -0.39 is 5.54 Å². The van der Waals surface area contributed by atoms with Crippen molar-refractivity contribution in [1.29, 1.82) is 0 Å². The zero-order chi connectivity index (χ0) is 12.6. The van der Waals surface area contributed by atoms with E-state index in [4.69, 9.17) is 5.73 Å². The molecule has 1 nitrogen and oxygen atoms in total. The molecular formula is C17H19N. The average Bonchev–Trinajstić information content (AvgIpc) is 2.87. The summed E-state index contributed by atoms with van der Waals surface area (Å²) < 4.78 is 0. The first-order chi connectivity index (χ1) is 8.68. The third-order valence-electron chi connectivity index (χ3n) is 4.07. The fourth-order valence-corrected chi connectivity index (χ4v) is 2.85. The summed E-state index contributed by atoms with van der Waals surface area (Å²) in [4.78, 5) is 0. The minimum Gasteiger partial charge on any atom is -0.318 e. The number of benzene rings is 2. The molecule has 2 aromatic rings. The molecule has 0 heterocycles. The highest BCUT2D eigenvalue weighted by atomic mass is 14.7. The van der Waals surface area contributed by atoms with E-state index in [9.17, 15) is 0 Å². The Morgan fingerprint density at radius 1 is 0.889 bits per heavy atom. The summed E-state index contributed by atoms with van der Waals surface area (Å²) in [6, 6.07) is 17.1. The van der Waals surface area contributed by atoms with Gasteiger partial charge in [0.25, 0.3) is 0 Å². The van der Waals surface area contributed by atoms with Gasteiger partial charge in [0.15, 0.2) is 0 Å². The molecule has 2 aromatic carbocycles. The molecule has 1 unspecified atom stereocenters. The number of rotatable bonds is 2. The van der Waals surface area contributed by atoms with E-state index in [0.29, 0.717) is 0 Å². The van der Waals surface area contributed by atoms with Crippen molar-refractivity contribution < 1.29 is 0 Å². The predicted molar refractivity (Wildman–Crippen MR) is 75.6 cm³/mol. The van der Waals surface area contributed by atoms with Crippen LogP contribution in [0.4, 0.5) is 0 Å². The molecule has 0 spiro atoms. The lowest BCUT2D eigenvalue weighted by Crippen LogP contribution is -2.34. The molecule has 0 bridgehead atoms. The third-order valence-corrected chi connectivity index (χ3v) is 4.07. The first-order valence-electron chi connectivity index (χ1n) is 6.64. The summed E-state index contributed by atoms with van der Waals surface area (Å²) in [7, 11) is 0. The molecule has 2 N–H and O–H groups in total. The fraction of sp³-hybridized carbons (Fsp3) is 0.294. The fourth-order valence-electron chi connectivity index (χ4n) is 2.85. The zero-order valence-electron chi connectivity index (χ0n) is 10.8. The molecule has 18 heavy (non-hydrogen) atoms. The lowest BCUT2D eigenvalue weighted by molar-refractivity contribution is 0.602. The SMILES string of the molecule is CC(N)(c1ccccc1)c1ccc2c(c1)CCC2. The number of aryl methyl sites for hydroxylation is 2. The summed E-state index contributed by atoms with van der Waals surface area (Å²) in [6.45, 7) is 2.10. The van der Waals surface area contributed by atoms with Crippen LogP contribution < -0.4 is 5.73 Å². The molecule has 0 amide bonds. The van der Waals surface area contributed by atoms with Crippen molar-refractivity contribution in [2.45, 2.75) is 31.7 Å². The molecule has 3 rings (SSSR count). The Kier molecular flexibility index (Phi) is 2.71. The summed E-state index contributed by atoms with van der Waals surface area (Å²) in [6.07, 6.45) is 3.71. The van der Waals surface area contributed by atoms with E-state index in [1.54, 1.807) is 0 Å². The van der Waals surface area contributed by atoms with Crippen molar-refractivity contribution >= 4 is 0 Å². The highest BCUT2D eigenvalue weighted by Gasteiger charge is 2.24. The molecular weight excluding hydrogens is 218 g/mol. The van der Waals surface area contributed by atoms with Gasteiger partial charge in [-0.05, 0) is 48.4 Å². The van der Waals surface area contributed by atoms with Crippen LogP contribution in [0.1, 0.15) is 35.6 Å². The Morgan fingerprint density at radius 3 is 2.39 bits per heavy atom. The number of hydrogen-bond donors (Lipinski definition) is 1. The van der Waals surface area contributed by atoms with Gasteiger partial charge in [-0.2, -0.15) is 0 Å². The van der Waals surface area contributed by atoms with E-state index in [0.717, 1.165) is 0 Å². The molecule has 1 aliphatic rings. The average molecular weight is 237 g/mol. The number of hydrogen-bond acceptors (Lipinski definition) is 1. The Hall–Kier alpha value is -1.60. The van der Waals surface area contributed by atoms with Crippen LogP contribution in [0.25, 0.3) is 0 Å². The van der Waals surface area contributed by atoms with Crippen molar-refractivity contribution in [1.82, 2.24) is 0 Å². The van der Waals surface area contributed by atoms with Crippen LogP contribution in [0.2, 0.25) is 0 Å². The van der Waals surface area contributed by atoms with E-state index in [-0.39, 0.29) is 0 Å². The molecule has 1 aliphatic carbocycles. The van der Waals surface area contributed by atoms with Crippen molar-refractivity contribution in [2.24, 2.45) is 5.73 Å². The lowest BCUT2D eigenvalue weighted by atomic mass is 9.84. The van der Waals surface area contributed by atoms with Gasteiger partial charge in [-0.15, -0.1) is 0 Å². The molecule has 0 fully saturated rings. The van der Waals surface area contributed by atoms with Crippen LogP contribution in [0.5, 0.6) is 0 Å². The highest BCUT2D eigenvalue weighted by molar-refractivity contribution is 5.42. The third kappa shape index (κ3) is 1.85. The molecule has 1 atom stereocenters. The van der Waals surface area contributed by atoms with Gasteiger partial charge < -0.3 is 5.73 Å².